The molecule has 0 amide bonds. The molecule has 2 aromatic carbocycles. The van der Waals surface area contributed by atoms with Crippen molar-refractivity contribution in [2.75, 3.05) is 62.8 Å². The van der Waals surface area contributed by atoms with Crippen molar-refractivity contribution in [3.05, 3.63) is 52.2 Å². The van der Waals surface area contributed by atoms with Crippen molar-refractivity contribution in [1.29, 1.82) is 0 Å². The summed E-state index contributed by atoms with van der Waals surface area (Å²) in [5.74, 6) is 3.46. The maximum absolute atomic E-state index is 5.64. The van der Waals surface area contributed by atoms with E-state index in [2.05, 4.69) is 28.7 Å². The van der Waals surface area contributed by atoms with Gasteiger partial charge in [-0.3, -0.25) is 4.90 Å². The van der Waals surface area contributed by atoms with Gasteiger partial charge in [0.25, 0.3) is 0 Å². The second-order valence-corrected chi connectivity index (χ2v) is 9.10. The molecular formula is C27H34ClN3O6S. The van der Waals surface area contributed by atoms with Crippen LogP contribution in [0, 0.1) is 0 Å². The van der Waals surface area contributed by atoms with E-state index in [9.17, 15) is 0 Å². The lowest BCUT2D eigenvalue weighted by Gasteiger charge is -2.39. The molecule has 0 aliphatic carbocycles. The van der Waals surface area contributed by atoms with Gasteiger partial charge in [-0.2, -0.15) is 0 Å². The number of methoxy groups -OCH3 is 6. The van der Waals surface area contributed by atoms with Gasteiger partial charge in [0, 0.05) is 18.8 Å². The van der Waals surface area contributed by atoms with Gasteiger partial charge in [0.2, 0.25) is 11.5 Å². The number of ether oxygens (including phenoxy) is 6. The van der Waals surface area contributed by atoms with E-state index >= 15 is 0 Å². The predicted octanol–water partition coefficient (Wildman–Crippen LogP) is 3.96. The van der Waals surface area contributed by atoms with Crippen LogP contribution in [0.1, 0.15) is 17.2 Å². The largest absolute Gasteiger partial charge is 0.493 e. The fourth-order valence-corrected chi connectivity index (χ4v) is 5.04. The lowest BCUT2D eigenvalue weighted by molar-refractivity contribution is 0.323. The summed E-state index contributed by atoms with van der Waals surface area (Å²) < 4.78 is 33.3. The second-order valence-electron chi connectivity index (χ2n) is 8.69. The number of nitrogens with one attached hydrogen (secondary N) is 2. The first-order chi connectivity index (χ1) is 17.9. The van der Waals surface area contributed by atoms with Crippen molar-refractivity contribution in [2.45, 2.75) is 6.04 Å². The van der Waals surface area contributed by atoms with Gasteiger partial charge in [0.15, 0.2) is 28.1 Å². The highest BCUT2D eigenvalue weighted by Crippen LogP contribution is 2.43. The summed E-state index contributed by atoms with van der Waals surface area (Å²) >= 11 is 5.64. The zero-order valence-corrected chi connectivity index (χ0v) is 24.2. The molecular weight excluding hydrogens is 530 g/mol. The average molecular weight is 564 g/mol. The smallest absolute Gasteiger partial charge is 0.203 e. The van der Waals surface area contributed by atoms with Crippen LogP contribution in [0.15, 0.2) is 41.1 Å². The molecule has 0 saturated heterocycles. The number of likely N-dealkylation sites (N-methyl/N-ethyl adjacent to an activating group) is 1. The third-order valence-electron chi connectivity index (χ3n) is 6.43. The van der Waals surface area contributed by atoms with Crippen LogP contribution in [0.5, 0.6) is 34.5 Å². The first-order valence-electron chi connectivity index (χ1n) is 11.7. The third-order valence-corrected chi connectivity index (χ3v) is 6.65. The topological polar surface area (TPSA) is 82.7 Å². The van der Waals surface area contributed by atoms with E-state index in [1.807, 2.05) is 24.3 Å². The van der Waals surface area contributed by atoms with Crippen molar-refractivity contribution in [3.8, 4) is 34.5 Å². The van der Waals surface area contributed by atoms with Gasteiger partial charge >= 0.3 is 0 Å². The van der Waals surface area contributed by atoms with Gasteiger partial charge in [-0.05, 0) is 71.9 Å². The molecule has 2 N–H and O–H groups in total. The van der Waals surface area contributed by atoms with Crippen molar-refractivity contribution in [3.63, 3.8) is 0 Å². The van der Waals surface area contributed by atoms with E-state index in [0.717, 1.165) is 41.1 Å². The summed E-state index contributed by atoms with van der Waals surface area (Å²) in [5, 5.41) is 7.37. The molecule has 11 heteroatoms. The summed E-state index contributed by atoms with van der Waals surface area (Å²) in [6.07, 6.45) is 2.11. The predicted molar refractivity (Wildman–Crippen MR) is 154 cm³/mol. The van der Waals surface area contributed by atoms with E-state index in [1.54, 1.807) is 42.7 Å². The molecule has 0 spiro atoms. The lowest BCUT2D eigenvalue weighted by Crippen LogP contribution is -2.49. The number of benzene rings is 2. The van der Waals surface area contributed by atoms with Crippen LogP contribution in [0.25, 0.3) is 6.08 Å². The molecule has 0 bridgehead atoms. The van der Waals surface area contributed by atoms with Gasteiger partial charge in [-0.25, -0.2) is 0 Å². The zero-order valence-electron chi connectivity index (χ0n) is 22.6. The number of thiocarbonyl (C=S) groups is 1. The molecule has 9 nitrogen and oxygen atoms in total. The van der Waals surface area contributed by atoms with Gasteiger partial charge in [0.05, 0.1) is 48.7 Å². The molecule has 1 unspecified atom stereocenters. The van der Waals surface area contributed by atoms with Crippen LogP contribution in [-0.4, -0.2) is 72.8 Å². The molecule has 2 heterocycles. The first-order valence-corrected chi connectivity index (χ1v) is 12.1. The molecule has 4 rings (SSSR count). The number of rotatable bonds is 8. The van der Waals surface area contributed by atoms with E-state index < -0.39 is 0 Å². The monoisotopic (exact) mass is 563 g/mol. The fourth-order valence-electron chi connectivity index (χ4n) is 4.82. The number of hydrogen-bond acceptors (Lipinski definition) is 8. The highest BCUT2D eigenvalue weighted by Gasteiger charge is 2.33. The second kappa shape index (κ2) is 12.5. The van der Waals surface area contributed by atoms with Gasteiger partial charge < -0.3 is 39.1 Å². The average Bonchev–Trinajstić information content (AvgIpc) is 2.91. The molecule has 0 fully saturated rings. The molecule has 1 atom stereocenters. The molecule has 206 valence electrons. The van der Waals surface area contributed by atoms with E-state index in [1.165, 1.54) is 0 Å². The van der Waals surface area contributed by atoms with Crippen LogP contribution in [0.4, 0.5) is 0 Å². The van der Waals surface area contributed by atoms with Crippen molar-refractivity contribution >= 4 is 35.8 Å². The Morgan fingerprint density at radius 2 is 1.29 bits per heavy atom. The molecule has 2 aliphatic rings. The van der Waals surface area contributed by atoms with E-state index in [-0.39, 0.29) is 18.4 Å². The number of halogens is 1. The summed E-state index contributed by atoms with van der Waals surface area (Å²) in [7, 11) is 11.7. The Kier molecular flexibility index (Phi) is 9.59. The summed E-state index contributed by atoms with van der Waals surface area (Å²) in [6, 6.07) is 7.57. The van der Waals surface area contributed by atoms with Gasteiger partial charge in [-0.1, -0.05) is 0 Å². The minimum Gasteiger partial charge on any atom is -0.493 e. The molecule has 2 aromatic rings. The Labute approximate surface area is 235 Å². The number of nitrogens with zero attached hydrogens (tertiary/aromatic N) is 1. The maximum Gasteiger partial charge on any atom is 0.203 e. The Balaban J connectivity index is 0.00000400. The van der Waals surface area contributed by atoms with E-state index in [4.69, 9.17) is 40.6 Å². The van der Waals surface area contributed by atoms with Crippen LogP contribution >= 0.6 is 24.6 Å². The van der Waals surface area contributed by atoms with Gasteiger partial charge in [-0.15, -0.1) is 12.4 Å². The minimum absolute atomic E-state index is 0. The van der Waals surface area contributed by atoms with Gasteiger partial charge in [0.1, 0.15) is 0 Å². The van der Waals surface area contributed by atoms with Crippen molar-refractivity contribution in [2.24, 2.45) is 0 Å². The third kappa shape index (κ3) is 5.57. The Bertz CT molecular complexity index is 1220. The summed E-state index contributed by atoms with van der Waals surface area (Å²) in [6.45, 7) is 1.47. The van der Waals surface area contributed by atoms with Crippen LogP contribution in [0.3, 0.4) is 0 Å². The molecule has 0 radical (unpaired) electrons. The van der Waals surface area contributed by atoms with Crippen molar-refractivity contribution in [1.82, 2.24) is 15.5 Å². The van der Waals surface area contributed by atoms with Crippen molar-refractivity contribution < 1.29 is 28.4 Å². The van der Waals surface area contributed by atoms with Crippen LogP contribution in [-0.2, 0) is 0 Å². The van der Waals surface area contributed by atoms with Crippen LogP contribution < -0.4 is 39.1 Å². The normalized spacial score (nSPS) is 18.0. The molecule has 0 aromatic heterocycles. The first kappa shape index (κ1) is 29.2. The van der Waals surface area contributed by atoms with Crippen LogP contribution in [0.2, 0.25) is 0 Å². The summed E-state index contributed by atoms with van der Waals surface area (Å²) in [5.41, 5.74) is 5.10. The molecule has 2 aliphatic heterocycles. The highest BCUT2D eigenvalue weighted by atomic mass is 35.5. The zero-order chi connectivity index (χ0) is 26.7. The SMILES string of the molecule is COc1cc(/C=C2/CN(C)CC3=C2NC(=S)NC3c2cc(OC)c(OC)c(OC)c2)cc(OC)c1OC.Cl. The fraction of sp³-hybridized carbons (Fsp3) is 0.370. The Hall–Kier alpha value is -3.34. The highest BCUT2D eigenvalue weighted by molar-refractivity contribution is 7.80. The molecule has 0 saturated carbocycles. The maximum atomic E-state index is 5.64. The minimum atomic E-state index is -0.191. The van der Waals surface area contributed by atoms with E-state index in [0.29, 0.717) is 39.6 Å². The quantitative estimate of drug-likeness (QED) is 0.460. The summed E-state index contributed by atoms with van der Waals surface area (Å²) in [4.78, 5) is 2.26. The lowest BCUT2D eigenvalue weighted by atomic mass is 9.89. The Morgan fingerprint density at radius 1 is 0.789 bits per heavy atom. The standard InChI is InChI=1S/C27H33N3O6S.ClH/c1-30-13-17(8-15-9-19(31-2)25(35-6)20(10-15)32-3)24-18(14-30)23(28-27(37)29-24)16-11-21(33-4)26(36-7)22(12-16)34-5;/h8-12,23H,13-14H2,1-7H3,(H2,28,29,37);1H/b17-8-;. The Morgan fingerprint density at radius 3 is 1.76 bits per heavy atom. The number of hydrogen-bond donors (Lipinski definition) is 2. The molecule has 38 heavy (non-hydrogen) atoms.